The standard InChI is InChI=1S/C11H10F2N2O/c1-14-4-5-15(11(14)16)7-8-2-3-9(12)6-10(8)13/h2-6H,7H2,1H3. The average molecular weight is 224 g/mol. The van der Waals surface area contributed by atoms with E-state index in [2.05, 4.69) is 0 Å². The van der Waals surface area contributed by atoms with Crippen LogP contribution in [-0.4, -0.2) is 9.13 Å². The molecule has 0 aliphatic carbocycles. The molecular weight excluding hydrogens is 214 g/mol. The van der Waals surface area contributed by atoms with Crippen molar-refractivity contribution < 1.29 is 8.78 Å². The van der Waals surface area contributed by atoms with Gasteiger partial charge >= 0.3 is 5.69 Å². The fourth-order valence-corrected chi connectivity index (χ4v) is 1.46. The van der Waals surface area contributed by atoms with Crippen LogP contribution in [0.25, 0.3) is 0 Å². The summed E-state index contributed by atoms with van der Waals surface area (Å²) in [6, 6.07) is 3.32. The highest BCUT2D eigenvalue weighted by Gasteiger charge is 2.06. The molecule has 1 aromatic carbocycles. The zero-order valence-electron chi connectivity index (χ0n) is 8.65. The van der Waals surface area contributed by atoms with Gasteiger partial charge in [-0.05, 0) is 6.07 Å². The van der Waals surface area contributed by atoms with Gasteiger partial charge in [0.15, 0.2) is 0 Å². The van der Waals surface area contributed by atoms with Crippen LogP contribution in [0.2, 0.25) is 0 Å². The Morgan fingerprint density at radius 1 is 1.25 bits per heavy atom. The number of halogens is 2. The second kappa shape index (κ2) is 3.92. The van der Waals surface area contributed by atoms with Crippen molar-refractivity contribution in [3.63, 3.8) is 0 Å². The first kappa shape index (κ1) is 10.6. The predicted molar refractivity (Wildman–Crippen MR) is 55.1 cm³/mol. The molecule has 0 atom stereocenters. The molecule has 2 aromatic rings. The van der Waals surface area contributed by atoms with Gasteiger partial charge in [0.2, 0.25) is 0 Å². The molecule has 0 bridgehead atoms. The zero-order valence-corrected chi connectivity index (χ0v) is 8.65. The average Bonchev–Trinajstić information content (AvgIpc) is 2.54. The van der Waals surface area contributed by atoms with Crippen molar-refractivity contribution in [2.24, 2.45) is 7.05 Å². The number of nitrogens with zero attached hydrogens (tertiary/aromatic N) is 2. The summed E-state index contributed by atoms with van der Waals surface area (Å²) in [5.74, 6) is -1.27. The molecule has 0 N–H and O–H groups in total. The molecule has 1 heterocycles. The molecule has 0 fully saturated rings. The first-order valence-corrected chi connectivity index (χ1v) is 4.73. The van der Waals surface area contributed by atoms with Gasteiger partial charge < -0.3 is 4.57 Å². The monoisotopic (exact) mass is 224 g/mol. The molecule has 0 amide bonds. The highest BCUT2D eigenvalue weighted by molar-refractivity contribution is 5.18. The smallest absolute Gasteiger partial charge is 0.302 e. The predicted octanol–water partition coefficient (Wildman–Crippen LogP) is 1.51. The molecule has 0 saturated carbocycles. The minimum absolute atomic E-state index is 0.103. The van der Waals surface area contributed by atoms with E-state index in [9.17, 15) is 13.6 Å². The number of hydrogen-bond donors (Lipinski definition) is 0. The van der Waals surface area contributed by atoms with Crippen LogP contribution < -0.4 is 5.69 Å². The summed E-state index contributed by atoms with van der Waals surface area (Å²) < 4.78 is 28.7. The summed E-state index contributed by atoms with van der Waals surface area (Å²) in [7, 11) is 1.61. The lowest BCUT2D eigenvalue weighted by molar-refractivity contribution is 0.563. The fourth-order valence-electron chi connectivity index (χ4n) is 1.46. The Balaban J connectivity index is 2.34. The molecule has 0 saturated heterocycles. The van der Waals surface area contributed by atoms with Crippen molar-refractivity contribution in [2.45, 2.75) is 6.54 Å². The highest BCUT2D eigenvalue weighted by Crippen LogP contribution is 2.10. The van der Waals surface area contributed by atoms with Gasteiger partial charge in [-0.15, -0.1) is 0 Å². The lowest BCUT2D eigenvalue weighted by Gasteiger charge is -2.03. The minimum atomic E-state index is -0.643. The number of hydrogen-bond acceptors (Lipinski definition) is 1. The third-order valence-corrected chi connectivity index (χ3v) is 2.37. The maximum absolute atomic E-state index is 13.3. The summed E-state index contributed by atoms with van der Waals surface area (Å²) in [4.78, 5) is 11.5. The molecule has 0 aliphatic heterocycles. The van der Waals surface area contributed by atoms with Crippen molar-refractivity contribution in [1.29, 1.82) is 0 Å². The molecule has 0 radical (unpaired) electrons. The van der Waals surface area contributed by atoms with Crippen LogP contribution in [0, 0.1) is 11.6 Å². The maximum Gasteiger partial charge on any atom is 0.328 e. The summed E-state index contributed by atoms with van der Waals surface area (Å²) >= 11 is 0. The molecule has 16 heavy (non-hydrogen) atoms. The first-order valence-electron chi connectivity index (χ1n) is 4.73. The molecule has 84 valence electrons. The molecule has 1 aromatic heterocycles. The van der Waals surface area contributed by atoms with E-state index in [4.69, 9.17) is 0 Å². The fraction of sp³-hybridized carbons (Fsp3) is 0.182. The van der Waals surface area contributed by atoms with Crippen LogP contribution in [0.3, 0.4) is 0 Å². The zero-order chi connectivity index (χ0) is 11.7. The Bertz CT molecular complexity index is 572. The molecular formula is C11H10F2N2O. The van der Waals surface area contributed by atoms with E-state index in [1.165, 1.54) is 21.3 Å². The molecule has 0 spiro atoms. The second-order valence-electron chi connectivity index (χ2n) is 3.56. The quantitative estimate of drug-likeness (QED) is 0.759. The largest absolute Gasteiger partial charge is 0.328 e. The molecule has 3 nitrogen and oxygen atoms in total. The van der Waals surface area contributed by atoms with Gasteiger partial charge in [0, 0.05) is 31.1 Å². The van der Waals surface area contributed by atoms with E-state index < -0.39 is 11.6 Å². The number of aryl methyl sites for hydroxylation is 1. The van der Waals surface area contributed by atoms with E-state index in [0.717, 1.165) is 6.07 Å². The number of rotatable bonds is 2. The van der Waals surface area contributed by atoms with E-state index >= 15 is 0 Å². The summed E-state index contributed by atoms with van der Waals surface area (Å²) in [6.07, 6.45) is 3.15. The van der Waals surface area contributed by atoms with Crippen molar-refractivity contribution in [2.75, 3.05) is 0 Å². The van der Waals surface area contributed by atoms with Crippen LogP contribution in [0.5, 0.6) is 0 Å². The van der Waals surface area contributed by atoms with Gasteiger partial charge in [0.05, 0.1) is 6.54 Å². The molecule has 2 rings (SSSR count). The second-order valence-corrected chi connectivity index (χ2v) is 3.56. The Morgan fingerprint density at radius 2 is 2.00 bits per heavy atom. The summed E-state index contributed by atoms with van der Waals surface area (Å²) in [5, 5.41) is 0. The van der Waals surface area contributed by atoms with Crippen LogP contribution >= 0.6 is 0 Å². The SMILES string of the molecule is Cn1ccn(Cc2ccc(F)cc2F)c1=O. The van der Waals surface area contributed by atoms with Gasteiger partial charge in [0.1, 0.15) is 11.6 Å². The highest BCUT2D eigenvalue weighted by atomic mass is 19.1. The number of aromatic nitrogens is 2. The molecule has 0 unspecified atom stereocenters. The van der Waals surface area contributed by atoms with E-state index in [-0.39, 0.29) is 17.8 Å². The third-order valence-electron chi connectivity index (χ3n) is 2.37. The van der Waals surface area contributed by atoms with Crippen LogP contribution in [0.4, 0.5) is 8.78 Å². The van der Waals surface area contributed by atoms with Crippen LogP contribution in [0.15, 0.2) is 35.4 Å². The number of imidazole rings is 1. The lowest BCUT2D eigenvalue weighted by Crippen LogP contribution is -2.22. The minimum Gasteiger partial charge on any atom is -0.302 e. The van der Waals surface area contributed by atoms with E-state index in [0.29, 0.717) is 0 Å². The van der Waals surface area contributed by atoms with Crippen molar-refractivity contribution in [3.05, 3.63) is 58.3 Å². The Hall–Kier alpha value is -1.91. The normalized spacial score (nSPS) is 10.7. The summed E-state index contributed by atoms with van der Waals surface area (Å²) in [6.45, 7) is 0.103. The van der Waals surface area contributed by atoms with Gasteiger partial charge in [-0.25, -0.2) is 13.6 Å². The summed E-state index contributed by atoms with van der Waals surface area (Å²) in [5.41, 5.74) is 0.0541. The van der Waals surface area contributed by atoms with E-state index in [1.54, 1.807) is 19.4 Å². The van der Waals surface area contributed by atoms with Crippen molar-refractivity contribution in [3.8, 4) is 0 Å². The van der Waals surface area contributed by atoms with Crippen LogP contribution in [-0.2, 0) is 13.6 Å². The third kappa shape index (κ3) is 1.88. The van der Waals surface area contributed by atoms with Crippen LogP contribution in [0.1, 0.15) is 5.56 Å². The van der Waals surface area contributed by atoms with Crippen molar-refractivity contribution in [1.82, 2.24) is 9.13 Å². The van der Waals surface area contributed by atoms with Gasteiger partial charge in [-0.2, -0.15) is 0 Å². The molecule has 5 heteroatoms. The maximum atomic E-state index is 13.3. The van der Waals surface area contributed by atoms with Gasteiger partial charge in [-0.3, -0.25) is 4.57 Å². The van der Waals surface area contributed by atoms with Gasteiger partial charge in [-0.1, -0.05) is 6.07 Å². The lowest BCUT2D eigenvalue weighted by atomic mass is 10.2. The molecule has 0 aliphatic rings. The van der Waals surface area contributed by atoms with Gasteiger partial charge in [0.25, 0.3) is 0 Å². The van der Waals surface area contributed by atoms with Crippen molar-refractivity contribution >= 4 is 0 Å². The topological polar surface area (TPSA) is 26.9 Å². The van der Waals surface area contributed by atoms with E-state index in [1.807, 2.05) is 0 Å². The number of benzene rings is 1. The first-order chi connectivity index (χ1) is 7.58. The Labute approximate surface area is 90.6 Å². The Morgan fingerprint density at radius 3 is 2.56 bits per heavy atom. The Kier molecular flexibility index (Phi) is 2.60.